The van der Waals surface area contributed by atoms with E-state index in [1.807, 2.05) is 20.8 Å². The van der Waals surface area contributed by atoms with Gasteiger partial charge in [0.2, 0.25) is 11.6 Å². The lowest BCUT2D eigenvalue weighted by atomic mass is 9.87. The van der Waals surface area contributed by atoms with Crippen LogP contribution in [0.2, 0.25) is 0 Å². The second-order valence-corrected chi connectivity index (χ2v) is 16.5. The van der Waals surface area contributed by atoms with Crippen LogP contribution in [0.3, 0.4) is 0 Å². The van der Waals surface area contributed by atoms with Crippen molar-refractivity contribution in [3.63, 3.8) is 0 Å². The molecule has 0 radical (unpaired) electrons. The molecule has 2 aromatic heterocycles. The van der Waals surface area contributed by atoms with Crippen molar-refractivity contribution in [2.45, 2.75) is 57.0 Å². The molecule has 5 aromatic rings. The molecule has 0 N–H and O–H groups in total. The van der Waals surface area contributed by atoms with Crippen LogP contribution in [0.1, 0.15) is 50.3 Å². The van der Waals surface area contributed by atoms with Crippen LogP contribution in [0.4, 0.5) is 10.6 Å². The van der Waals surface area contributed by atoms with Gasteiger partial charge in [-0.1, -0.05) is 69.3 Å². The van der Waals surface area contributed by atoms with Crippen molar-refractivity contribution < 1.29 is 66.3 Å². The standard InChI is InChI=1S/C42H45N7O16S/c1-42(2,3)31-16-18-32(19-17-31)66(56,57)47(28-62-41(51)61-22-7-8-23-63-48(52)53)39-36(65-34-11-6-5-10-33(34)58-4)40(46-38(45-39)37-43-20-9-21-44-37)60-25-24-59-35(50)26-29-12-14-30(15-13-29)27-64-49(54)55/h5-6,9-21H,7-8,22-28H2,1-4H3. The van der Waals surface area contributed by atoms with Crippen LogP contribution in [0, 0.1) is 20.2 Å². The number of hydrogen-bond acceptors (Lipinski definition) is 20. The van der Waals surface area contributed by atoms with Crippen molar-refractivity contribution in [1.82, 2.24) is 19.9 Å². The van der Waals surface area contributed by atoms with Crippen LogP contribution in [-0.4, -0.2) is 90.9 Å². The van der Waals surface area contributed by atoms with Crippen molar-refractivity contribution in [2.24, 2.45) is 0 Å². The lowest BCUT2D eigenvalue weighted by molar-refractivity contribution is -0.763. The highest BCUT2D eigenvalue weighted by molar-refractivity contribution is 7.92. The van der Waals surface area contributed by atoms with E-state index in [1.54, 1.807) is 54.6 Å². The highest BCUT2D eigenvalue weighted by atomic mass is 32.2. The number of para-hydroxylation sites is 2. The van der Waals surface area contributed by atoms with E-state index in [0.717, 1.165) is 5.56 Å². The first kappa shape index (κ1) is 49.1. The average Bonchev–Trinajstić information content (AvgIpc) is 3.29. The molecule has 66 heavy (non-hydrogen) atoms. The minimum Gasteiger partial charge on any atom is -0.493 e. The molecule has 0 aliphatic heterocycles. The number of hydrogen-bond donors (Lipinski definition) is 0. The molecule has 0 aliphatic carbocycles. The topological polar surface area (TPSA) is 283 Å². The second kappa shape index (κ2) is 23.2. The fourth-order valence-corrected chi connectivity index (χ4v) is 6.92. The number of ether oxygens (including phenoxy) is 6. The summed E-state index contributed by atoms with van der Waals surface area (Å²) in [5.41, 5.74) is 1.53. The van der Waals surface area contributed by atoms with Gasteiger partial charge in [0, 0.05) is 12.4 Å². The Hall–Kier alpha value is -7.89. The number of carbonyl (C=O) groups excluding carboxylic acids is 2. The third-order valence-corrected chi connectivity index (χ3v) is 10.7. The van der Waals surface area contributed by atoms with Crippen molar-refractivity contribution in [3.05, 3.63) is 128 Å². The monoisotopic (exact) mass is 935 g/mol. The van der Waals surface area contributed by atoms with Crippen LogP contribution in [0.5, 0.6) is 23.1 Å². The van der Waals surface area contributed by atoms with Gasteiger partial charge in [-0.05, 0) is 65.3 Å². The maximum absolute atomic E-state index is 14.9. The molecule has 2 heterocycles. The Balaban J connectivity index is 1.53. The van der Waals surface area contributed by atoms with Gasteiger partial charge in [0.05, 0.1) is 31.6 Å². The minimum absolute atomic E-state index is 0.0501. The largest absolute Gasteiger partial charge is 0.510 e. The summed E-state index contributed by atoms with van der Waals surface area (Å²) in [6.45, 7) is 3.35. The highest BCUT2D eigenvalue weighted by Crippen LogP contribution is 2.43. The van der Waals surface area contributed by atoms with Gasteiger partial charge >= 0.3 is 12.1 Å². The second-order valence-electron chi connectivity index (χ2n) is 14.7. The summed E-state index contributed by atoms with van der Waals surface area (Å²) in [6.07, 6.45) is 1.66. The molecular weight excluding hydrogens is 891 g/mol. The summed E-state index contributed by atoms with van der Waals surface area (Å²) in [6, 6.07) is 20.2. The smallest absolute Gasteiger partial charge is 0.493 e. The predicted octanol–water partition coefficient (Wildman–Crippen LogP) is 6.20. The fraction of sp³-hybridized carbons (Fsp3) is 0.333. The third kappa shape index (κ3) is 14.3. The first-order chi connectivity index (χ1) is 31.5. The van der Waals surface area contributed by atoms with E-state index in [1.165, 1.54) is 43.8 Å². The summed E-state index contributed by atoms with van der Waals surface area (Å²) >= 11 is 0. The van der Waals surface area contributed by atoms with Crippen LogP contribution >= 0.6 is 0 Å². The fourth-order valence-electron chi connectivity index (χ4n) is 5.64. The molecule has 0 amide bonds. The van der Waals surface area contributed by atoms with Gasteiger partial charge in [-0.2, -0.15) is 4.98 Å². The molecule has 350 valence electrons. The molecule has 5 rings (SSSR count). The first-order valence-corrected chi connectivity index (χ1v) is 21.3. The summed E-state index contributed by atoms with van der Waals surface area (Å²) in [5, 5.41) is 19.1. The van der Waals surface area contributed by atoms with Gasteiger partial charge < -0.3 is 38.1 Å². The van der Waals surface area contributed by atoms with E-state index in [9.17, 15) is 38.2 Å². The SMILES string of the molecule is COc1ccccc1Oc1c(OCCOC(=O)Cc2ccc(CO[N+](=O)[O-])cc2)nc(-c2ncccn2)nc1N(COC(=O)OCCCCO[N+](=O)[O-])S(=O)(=O)c1ccc(C(C)(C)C)cc1. The van der Waals surface area contributed by atoms with Crippen LogP contribution in [-0.2, 0) is 57.1 Å². The molecule has 23 nitrogen and oxygen atoms in total. The Labute approximate surface area is 377 Å². The number of aromatic nitrogens is 4. The quantitative estimate of drug-likeness (QED) is 0.0219. The van der Waals surface area contributed by atoms with Gasteiger partial charge in [-0.15, -0.1) is 20.2 Å². The number of rotatable bonds is 24. The van der Waals surface area contributed by atoms with Crippen molar-refractivity contribution in [2.75, 3.05) is 44.6 Å². The summed E-state index contributed by atoms with van der Waals surface area (Å²) in [5.74, 6) is -2.08. The van der Waals surface area contributed by atoms with Crippen LogP contribution < -0.4 is 18.5 Å². The summed E-state index contributed by atoms with van der Waals surface area (Å²) < 4.78 is 64.2. The van der Waals surface area contributed by atoms with Crippen LogP contribution in [0.15, 0.2) is 96.2 Å². The Kier molecular flexibility index (Phi) is 17.2. The molecule has 3 aromatic carbocycles. The molecule has 24 heteroatoms. The average molecular weight is 936 g/mol. The van der Waals surface area contributed by atoms with Gasteiger partial charge in [-0.25, -0.2) is 32.5 Å². The summed E-state index contributed by atoms with van der Waals surface area (Å²) in [7, 11) is -3.38. The number of anilines is 1. The molecule has 0 bridgehead atoms. The van der Waals surface area contributed by atoms with E-state index >= 15 is 0 Å². The Morgan fingerprint density at radius 1 is 0.727 bits per heavy atom. The Morgan fingerprint density at radius 2 is 1.38 bits per heavy atom. The van der Waals surface area contributed by atoms with Gasteiger partial charge in [0.1, 0.15) is 19.8 Å². The molecule has 0 aliphatic rings. The number of carbonyl (C=O) groups is 2. The molecule has 0 saturated heterocycles. The van der Waals surface area contributed by atoms with Gasteiger partial charge in [-0.3, -0.25) is 4.79 Å². The first-order valence-electron chi connectivity index (χ1n) is 19.9. The number of methoxy groups -OCH3 is 1. The molecule has 0 fully saturated rings. The molecular formula is C42H45N7O16S. The maximum Gasteiger partial charge on any atom is 0.510 e. The lowest BCUT2D eigenvalue weighted by Gasteiger charge is -2.26. The minimum atomic E-state index is -4.76. The van der Waals surface area contributed by atoms with Crippen molar-refractivity contribution in [1.29, 1.82) is 0 Å². The van der Waals surface area contributed by atoms with E-state index in [-0.39, 0.29) is 91.6 Å². The van der Waals surface area contributed by atoms with Crippen molar-refractivity contribution >= 4 is 28.0 Å². The number of unbranched alkanes of at least 4 members (excludes halogenated alkanes) is 1. The zero-order valence-corrected chi connectivity index (χ0v) is 36.9. The molecule has 0 spiro atoms. The van der Waals surface area contributed by atoms with Gasteiger partial charge in [0.25, 0.3) is 26.1 Å². The Morgan fingerprint density at radius 3 is 2.03 bits per heavy atom. The number of esters is 1. The van der Waals surface area contributed by atoms with E-state index < -0.39 is 50.6 Å². The number of benzene rings is 3. The summed E-state index contributed by atoms with van der Waals surface area (Å²) in [4.78, 5) is 72.7. The third-order valence-electron chi connectivity index (χ3n) is 8.96. The highest BCUT2D eigenvalue weighted by Gasteiger charge is 2.35. The predicted molar refractivity (Wildman–Crippen MR) is 229 cm³/mol. The van der Waals surface area contributed by atoms with Crippen LogP contribution in [0.25, 0.3) is 11.6 Å². The van der Waals surface area contributed by atoms with E-state index in [0.29, 0.717) is 15.4 Å². The van der Waals surface area contributed by atoms with E-state index in [4.69, 9.17) is 28.4 Å². The number of sulfonamides is 1. The van der Waals surface area contributed by atoms with Crippen molar-refractivity contribution in [3.8, 4) is 34.8 Å². The molecule has 0 unspecified atom stereocenters. The van der Waals surface area contributed by atoms with E-state index in [2.05, 4.69) is 29.6 Å². The maximum atomic E-state index is 14.9. The molecule has 0 saturated carbocycles. The Bertz CT molecular complexity index is 2550. The zero-order chi connectivity index (χ0) is 47.7. The normalized spacial score (nSPS) is 11.2. The lowest BCUT2D eigenvalue weighted by Crippen LogP contribution is -2.36. The number of nitrogens with zero attached hydrogens (tertiary/aromatic N) is 7. The zero-order valence-electron chi connectivity index (χ0n) is 36.1. The molecule has 0 atom stereocenters. The van der Waals surface area contributed by atoms with Gasteiger partial charge in [0.15, 0.2) is 29.9 Å².